The van der Waals surface area contributed by atoms with Gasteiger partial charge in [0.1, 0.15) is 5.82 Å². The molecule has 0 saturated carbocycles. The van der Waals surface area contributed by atoms with Crippen molar-refractivity contribution in [3.8, 4) is 0 Å². The molecule has 2 amide bonds. The Balaban J connectivity index is 1.23. The first-order valence-electron chi connectivity index (χ1n) is 10.1. The molecule has 1 fully saturated rings. The van der Waals surface area contributed by atoms with Crippen LogP contribution in [0.4, 0.5) is 10.1 Å². The van der Waals surface area contributed by atoms with E-state index >= 15 is 0 Å². The number of carbonyl (C=O) groups excluding carboxylic acids is 2. The minimum Gasteiger partial charge on any atom is -0.356 e. The van der Waals surface area contributed by atoms with Crippen LogP contribution in [0.5, 0.6) is 0 Å². The molecule has 156 valence electrons. The number of halogens is 1. The molecule has 0 aliphatic carbocycles. The Morgan fingerprint density at radius 3 is 2.80 bits per heavy atom. The summed E-state index contributed by atoms with van der Waals surface area (Å²) in [6.07, 6.45) is 5.85. The number of benzene rings is 1. The fraction of sp³-hybridized carbons (Fsp3) is 0.364. The topological polar surface area (TPSA) is 88.3 Å². The summed E-state index contributed by atoms with van der Waals surface area (Å²) in [5.41, 5.74) is 1.99. The van der Waals surface area contributed by atoms with E-state index < -0.39 is 0 Å². The molecule has 3 heterocycles. The Kier molecular flexibility index (Phi) is 6.02. The number of aromatic nitrogens is 2. The van der Waals surface area contributed by atoms with Crippen LogP contribution in [-0.2, 0) is 9.59 Å². The van der Waals surface area contributed by atoms with E-state index in [0.29, 0.717) is 42.6 Å². The molecule has 0 bridgehead atoms. The van der Waals surface area contributed by atoms with Crippen molar-refractivity contribution in [2.45, 2.75) is 38.0 Å². The maximum atomic E-state index is 13.6. The van der Waals surface area contributed by atoms with Gasteiger partial charge in [-0.2, -0.15) is 0 Å². The minimum atomic E-state index is -0.313. The van der Waals surface area contributed by atoms with Crippen LogP contribution in [0.3, 0.4) is 0 Å². The van der Waals surface area contributed by atoms with Crippen LogP contribution in [-0.4, -0.2) is 39.9 Å². The second-order valence-corrected chi connectivity index (χ2v) is 7.51. The number of fused-ring (bicyclic) bond motifs is 1. The first-order chi connectivity index (χ1) is 14.6. The predicted octanol–water partition coefficient (Wildman–Crippen LogP) is 3.88. The van der Waals surface area contributed by atoms with E-state index in [1.807, 2.05) is 4.90 Å². The van der Waals surface area contributed by atoms with Crippen molar-refractivity contribution in [2.24, 2.45) is 0 Å². The summed E-state index contributed by atoms with van der Waals surface area (Å²) in [6, 6.07) is 7.92. The molecule has 0 unspecified atom stereocenters. The Bertz CT molecular complexity index is 1030. The number of nitrogens with one attached hydrogen (secondary N) is 1. The number of nitrogens with zero attached hydrogens (tertiary/aromatic N) is 3. The van der Waals surface area contributed by atoms with E-state index in [2.05, 4.69) is 15.5 Å². The molecular weight excluding hydrogens is 387 g/mol. The summed E-state index contributed by atoms with van der Waals surface area (Å²) in [7, 11) is 0. The highest BCUT2D eigenvalue weighted by Crippen LogP contribution is 2.33. The fourth-order valence-electron chi connectivity index (χ4n) is 3.84. The van der Waals surface area contributed by atoms with E-state index in [9.17, 15) is 14.0 Å². The van der Waals surface area contributed by atoms with Crippen LogP contribution in [0.15, 0.2) is 47.2 Å². The highest BCUT2D eigenvalue weighted by molar-refractivity contribution is 5.90. The largest absolute Gasteiger partial charge is 0.356 e. The smallest absolute Gasteiger partial charge is 0.224 e. The number of piperidine rings is 1. The second-order valence-electron chi connectivity index (χ2n) is 7.51. The van der Waals surface area contributed by atoms with Gasteiger partial charge in [-0.1, -0.05) is 5.16 Å². The number of pyridine rings is 1. The predicted molar refractivity (Wildman–Crippen MR) is 109 cm³/mol. The number of anilines is 1. The molecule has 1 saturated heterocycles. The summed E-state index contributed by atoms with van der Waals surface area (Å²) in [5, 5.41) is 7.61. The number of likely N-dealkylation sites (tertiary alicyclic amines) is 1. The second kappa shape index (κ2) is 9.02. The molecule has 7 nitrogen and oxygen atoms in total. The summed E-state index contributed by atoms with van der Waals surface area (Å²) in [6.45, 7) is 1.24. The lowest BCUT2D eigenvalue weighted by molar-refractivity contribution is -0.132. The van der Waals surface area contributed by atoms with Crippen molar-refractivity contribution in [3.63, 3.8) is 0 Å². The Hall–Kier alpha value is -3.29. The molecule has 30 heavy (non-hydrogen) atoms. The molecule has 0 spiro atoms. The lowest BCUT2D eigenvalue weighted by Crippen LogP contribution is -2.38. The van der Waals surface area contributed by atoms with Crippen molar-refractivity contribution >= 4 is 28.5 Å². The van der Waals surface area contributed by atoms with Gasteiger partial charge in [-0.3, -0.25) is 14.6 Å². The standard InChI is InChI=1S/C22H23FN4O3/c23-16-6-7-19-18(13-16)22(26-30-19)15-8-11-27(12-9-15)21(29)5-1-4-20(28)25-17-3-2-10-24-14-17/h2-3,6-7,10,13-15H,1,4-5,8-9,11-12H2,(H,25,28). The van der Waals surface area contributed by atoms with Crippen molar-refractivity contribution in [3.05, 3.63) is 54.2 Å². The van der Waals surface area contributed by atoms with Gasteiger partial charge in [-0.25, -0.2) is 4.39 Å². The lowest BCUT2D eigenvalue weighted by Gasteiger charge is -2.31. The summed E-state index contributed by atoms with van der Waals surface area (Å²) < 4.78 is 18.9. The SMILES string of the molecule is O=C(CCCC(=O)N1CCC(c2noc3ccc(F)cc23)CC1)Nc1cccnc1. The molecule has 1 N–H and O–H groups in total. The van der Waals surface area contributed by atoms with Crippen molar-refractivity contribution in [2.75, 3.05) is 18.4 Å². The van der Waals surface area contributed by atoms with Gasteiger partial charge in [-0.05, 0) is 49.6 Å². The summed E-state index contributed by atoms with van der Waals surface area (Å²) >= 11 is 0. The van der Waals surface area contributed by atoms with Gasteiger partial charge < -0.3 is 14.7 Å². The maximum Gasteiger partial charge on any atom is 0.224 e. The number of rotatable bonds is 6. The van der Waals surface area contributed by atoms with Gasteiger partial charge in [0.25, 0.3) is 0 Å². The number of carbonyl (C=O) groups is 2. The van der Waals surface area contributed by atoms with Crippen LogP contribution >= 0.6 is 0 Å². The average Bonchev–Trinajstić information content (AvgIpc) is 3.17. The van der Waals surface area contributed by atoms with E-state index in [1.165, 1.54) is 12.1 Å². The molecule has 8 heteroatoms. The molecule has 4 rings (SSSR count). The molecule has 0 atom stereocenters. The van der Waals surface area contributed by atoms with Gasteiger partial charge in [0.2, 0.25) is 11.8 Å². The quantitative estimate of drug-likeness (QED) is 0.666. The average molecular weight is 410 g/mol. The fourth-order valence-corrected chi connectivity index (χ4v) is 3.84. The summed E-state index contributed by atoms with van der Waals surface area (Å²) in [4.78, 5) is 30.2. The van der Waals surface area contributed by atoms with Crippen LogP contribution in [0.2, 0.25) is 0 Å². The molecule has 2 aromatic heterocycles. The number of amides is 2. The van der Waals surface area contributed by atoms with Gasteiger partial charge in [0.05, 0.1) is 17.6 Å². The van der Waals surface area contributed by atoms with Gasteiger partial charge in [0.15, 0.2) is 5.58 Å². The van der Waals surface area contributed by atoms with Crippen molar-refractivity contribution in [1.29, 1.82) is 0 Å². The van der Waals surface area contributed by atoms with Crippen molar-refractivity contribution < 1.29 is 18.5 Å². The third-order valence-electron chi connectivity index (χ3n) is 5.43. The third-order valence-corrected chi connectivity index (χ3v) is 5.43. The molecule has 1 aliphatic heterocycles. The lowest BCUT2D eigenvalue weighted by atomic mass is 9.91. The van der Waals surface area contributed by atoms with E-state index in [0.717, 1.165) is 18.5 Å². The summed E-state index contributed by atoms with van der Waals surface area (Å²) in [5.74, 6) is -0.243. The van der Waals surface area contributed by atoms with E-state index in [-0.39, 0.29) is 30.0 Å². The first kappa shape index (κ1) is 20.0. The third kappa shape index (κ3) is 4.64. The van der Waals surface area contributed by atoms with Crippen LogP contribution in [0.25, 0.3) is 11.0 Å². The number of hydrogen-bond donors (Lipinski definition) is 1. The van der Waals surface area contributed by atoms with Gasteiger partial charge in [-0.15, -0.1) is 0 Å². The van der Waals surface area contributed by atoms with Crippen LogP contribution in [0.1, 0.15) is 43.7 Å². The van der Waals surface area contributed by atoms with E-state index in [1.54, 1.807) is 30.6 Å². The Morgan fingerprint density at radius 1 is 1.20 bits per heavy atom. The van der Waals surface area contributed by atoms with E-state index in [4.69, 9.17) is 4.52 Å². The maximum absolute atomic E-state index is 13.6. The monoisotopic (exact) mass is 410 g/mol. The normalized spacial score (nSPS) is 14.8. The molecule has 3 aromatic rings. The molecule has 1 aromatic carbocycles. The van der Waals surface area contributed by atoms with Crippen LogP contribution < -0.4 is 5.32 Å². The number of hydrogen-bond acceptors (Lipinski definition) is 5. The zero-order chi connectivity index (χ0) is 20.9. The Morgan fingerprint density at radius 2 is 2.03 bits per heavy atom. The molecule has 1 aliphatic rings. The minimum absolute atomic E-state index is 0.0543. The molecule has 0 radical (unpaired) electrons. The first-order valence-corrected chi connectivity index (χ1v) is 10.1. The Labute approximate surface area is 173 Å². The van der Waals surface area contributed by atoms with Crippen LogP contribution in [0, 0.1) is 5.82 Å². The highest BCUT2D eigenvalue weighted by atomic mass is 19.1. The van der Waals surface area contributed by atoms with Crippen molar-refractivity contribution in [1.82, 2.24) is 15.0 Å². The van der Waals surface area contributed by atoms with Gasteiger partial charge >= 0.3 is 0 Å². The van der Waals surface area contributed by atoms with Gasteiger partial charge in [0, 0.05) is 43.4 Å². The zero-order valence-electron chi connectivity index (χ0n) is 16.5. The highest BCUT2D eigenvalue weighted by Gasteiger charge is 2.27. The molecular formula is C22H23FN4O3. The zero-order valence-corrected chi connectivity index (χ0v) is 16.5.